The maximum Gasteiger partial charge on any atom is 0.146 e. The van der Waals surface area contributed by atoms with Crippen molar-refractivity contribution in [1.82, 2.24) is 4.90 Å². The molecule has 2 N–H and O–H groups in total. The minimum atomic E-state index is -0.105. The fraction of sp³-hybridized carbons (Fsp3) is 0.647. The van der Waals surface area contributed by atoms with Gasteiger partial charge in [0.15, 0.2) is 0 Å². The van der Waals surface area contributed by atoms with E-state index in [9.17, 15) is 4.39 Å². The first kappa shape index (κ1) is 14.8. The second-order valence-corrected chi connectivity index (χ2v) is 6.72. The molecular weight excluding hydrogens is 265 g/mol. The number of piperazine rings is 1. The van der Waals surface area contributed by atoms with Crippen molar-refractivity contribution in [3.05, 3.63) is 29.6 Å². The van der Waals surface area contributed by atoms with Crippen LogP contribution in [0.25, 0.3) is 0 Å². The molecule has 4 heteroatoms. The fourth-order valence-electron chi connectivity index (χ4n) is 3.89. The number of hydrogen-bond donors (Lipinski definition) is 1. The van der Waals surface area contributed by atoms with Crippen molar-refractivity contribution in [2.75, 3.05) is 24.5 Å². The molecular formula is C17H26FN3. The Morgan fingerprint density at radius 1 is 1.38 bits per heavy atom. The molecule has 116 valence electrons. The lowest BCUT2D eigenvalue weighted by atomic mass is 10.0. The van der Waals surface area contributed by atoms with Gasteiger partial charge in [0.1, 0.15) is 5.82 Å². The Morgan fingerprint density at radius 3 is 2.95 bits per heavy atom. The minimum Gasteiger partial charge on any atom is -0.363 e. The largest absolute Gasteiger partial charge is 0.363 e. The molecule has 0 bridgehead atoms. The molecule has 2 fully saturated rings. The van der Waals surface area contributed by atoms with Crippen LogP contribution in [0.3, 0.4) is 0 Å². The average Bonchev–Trinajstić information content (AvgIpc) is 2.85. The van der Waals surface area contributed by atoms with Crippen LogP contribution < -0.4 is 10.6 Å². The molecule has 2 aliphatic heterocycles. The lowest BCUT2D eigenvalue weighted by molar-refractivity contribution is 0.202. The second-order valence-electron chi connectivity index (χ2n) is 6.72. The molecule has 21 heavy (non-hydrogen) atoms. The third-order valence-corrected chi connectivity index (χ3v) is 4.84. The Bertz CT molecular complexity index is 503. The molecule has 0 aromatic heterocycles. The highest BCUT2D eigenvalue weighted by atomic mass is 19.1. The van der Waals surface area contributed by atoms with Crippen molar-refractivity contribution in [2.45, 2.75) is 51.2 Å². The van der Waals surface area contributed by atoms with E-state index in [0.29, 0.717) is 12.1 Å². The maximum atomic E-state index is 14.5. The third-order valence-electron chi connectivity index (χ3n) is 4.84. The Kier molecular flexibility index (Phi) is 4.18. The SMILES string of the molecule is CC(N)Cc1cccc(F)c1N1CC2CCCN2CC1C. The Hall–Kier alpha value is -1.13. The summed E-state index contributed by atoms with van der Waals surface area (Å²) < 4.78 is 14.5. The Labute approximate surface area is 126 Å². The lowest BCUT2D eigenvalue weighted by Gasteiger charge is -2.44. The maximum absolute atomic E-state index is 14.5. The highest BCUT2D eigenvalue weighted by Crippen LogP contribution is 2.33. The molecule has 3 atom stereocenters. The molecule has 0 aliphatic carbocycles. The summed E-state index contributed by atoms with van der Waals surface area (Å²) >= 11 is 0. The van der Waals surface area contributed by atoms with Crippen molar-refractivity contribution in [1.29, 1.82) is 0 Å². The van der Waals surface area contributed by atoms with Crippen LogP contribution in [0.15, 0.2) is 18.2 Å². The van der Waals surface area contributed by atoms with E-state index in [1.807, 2.05) is 13.0 Å². The van der Waals surface area contributed by atoms with Crippen molar-refractivity contribution in [2.24, 2.45) is 5.73 Å². The topological polar surface area (TPSA) is 32.5 Å². The van der Waals surface area contributed by atoms with Crippen LogP contribution in [0.4, 0.5) is 10.1 Å². The number of anilines is 1. The number of fused-ring (bicyclic) bond motifs is 1. The molecule has 0 spiro atoms. The van der Waals surface area contributed by atoms with Gasteiger partial charge in [-0.2, -0.15) is 0 Å². The summed E-state index contributed by atoms with van der Waals surface area (Å²) in [5, 5.41) is 0. The second kappa shape index (κ2) is 5.93. The van der Waals surface area contributed by atoms with E-state index in [2.05, 4.69) is 16.7 Å². The zero-order chi connectivity index (χ0) is 15.0. The number of rotatable bonds is 3. The van der Waals surface area contributed by atoms with Gasteiger partial charge in [-0.1, -0.05) is 12.1 Å². The van der Waals surface area contributed by atoms with Gasteiger partial charge in [-0.05, 0) is 51.3 Å². The van der Waals surface area contributed by atoms with E-state index in [1.54, 1.807) is 12.1 Å². The number of halogens is 1. The molecule has 0 radical (unpaired) electrons. The van der Waals surface area contributed by atoms with Gasteiger partial charge < -0.3 is 10.6 Å². The zero-order valence-electron chi connectivity index (χ0n) is 13.1. The quantitative estimate of drug-likeness (QED) is 0.928. The van der Waals surface area contributed by atoms with Crippen molar-refractivity contribution >= 4 is 5.69 Å². The monoisotopic (exact) mass is 291 g/mol. The van der Waals surface area contributed by atoms with Crippen LogP contribution in [0, 0.1) is 5.82 Å². The summed E-state index contributed by atoms with van der Waals surface area (Å²) in [5.41, 5.74) is 7.77. The highest BCUT2D eigenvalue weighted by Gasteiger charge is 2.35. The van der Waals surface area contributed by atoms with E-state index < -0.39 is 0 Å². The molecule has 1 aromatic rings. The Balaban J connectivity index is 1.91. The average molecular weight is 291 g/mol. The van der Waals surface area contributed by atoms with E-state index in [4.69, 9.17) is 5.73 Å². The molecule has 3 rings (SSSR count). The summed E-state index contributed by atoms with van der Waals surface area (Å²) in [5.74, 6) is -0.105. The molecule has 2 aliphatic rings. The molecule has 3 nitrogen and oxygen atoms in total. The number of hydrogen-bond acceptors (Lipinski definition) is 3. The normalized spacial score (nSPS) is 27.7. The Morgan fingerprint density at radius 2 is 2.19 bits per heavy atom. The van der Waals surface area contributed by atoms with Gasteiger partial charge in [0.2, 0.25) is 0 Å². The lowest BCUT2D eigenvalue weighted by Crippen LogP contribution is -2.55. The minimum absolute atomic E-state index is 0.0497. The molecule has 0 saturated carbocycles. The van der Waals surface area contributed by atoms with Gasteiger partial charge in [-0.15, -0.1) is 0 Å². The van der Waals surface area contributed by atoms with Crippen LogP contribution in [-0.4, -0.2) is 42.7 Å². The molecule has 1 aromatic carbocycles. The summed E-state index contributed by atoms with van der Waals surface area (Å²) in [4.78, 5) is 4.84. The zero-order valence-corrected chi connectivity index (χ0v) is 13.1. The van der Waals surface area contributed by atoms with Gasteiger partial charge in [-0.3, -0.25) is 4.90 Å². The smallest absolute Gasteiger partial charge is 0.146 e. The predicted octanol–water partition coefficient (Wildman–Crippen LogP) is 2.39. The number of nitrogens with two attached hydrogens (primary N) is 1. The first-order valence-electron chi connectivity index (χ1n) is 8.10. The van der Waals surface area contributed by atoms with Gasteiger partial charge in [0.25, 0.3) is 0 Å². The number of para-hydroxylation sites is 1. The van der Waals surface area contributed by atoms with Crippen molar-refractivity contribution in [3.63, 3.8) is 0 Å². The van der Waals surface area contributed by atoms with Crippen LogP contribution >= 0.6 is 0 Å². The van der Waals surface area contributed by atoms with Gasteiger partial charge in [0.05, 0.1) is 5.69 Å². The van der Waals surface area contributed by atoms with Crippen LogP contribution in [0.1, 0.15) is 32.3 Å². The highest BCUT2D eigenvalue weighted by molar-refractivity contribution is 5.56. The molecule has 0 amide bonds. The van der Waals surface area contributed by atoms with E-state index >= 15 is 0 Å². The summed E-state index contributed by atoms with van der Waals surface area (Å²) in [6, 6.07) is 6.39. The molecule has 2 heterocycles. The third kappa shape index (κ3) is 2.92. The number of nitrogens with zero attached hydrogens (tertiary/aromatic N) is 2. The fourth-order valence-corrected chi connectivity index (χ4v) is 3.89. The summed E-state index contributed by atoms with van der Waals surface area (Å²) in [6.07, 6.45) is 3.24. The van der Waals surface area contributed by atoms with Gasteiger partial charge in [0, 0.05) is 31.2 Å². The van der Waals surface area contributed by atoms with Crippen LogP contribution in [0.2, 0.25) is 0 Å². The standard InChI is InChI=1S/C17H26FN3/c1-12(19)9-14-5-3-7-16(18)17(14)21-11-15-6-4-8-20(15)10-13(21)2/h3,5,7,12-13,15H,4,6,8-11,19H2,1-2H3. The van der Waals surface area contributed by atoms with E-state index in [1.165, 1.54) is 19.4 Å². The van der Waals surface area contributed by atoms with Crippen LogP contribution in [-0.2, 0) is 6.42 Å². The number of benzene rings is 1. The first-order chi connectivity index (χ1) is 10.1. The summed E-state index contributed by atoms with van der Waals surface area (Å²) in [7, 11) is 0. The van der Waals surface area contributed by atoms with E-state index in [0.717, 1.165) is 30.8 Å². The van der Waals surface area contributed by atoms with Crippen molar-refractivity contribution in [3.8, 4) is 0 Å². The van der Waals surface area contributed by atoms with Gasteiger partial charge in [-0.25, -0.2) is 4.39 Å². The van der Waals surface area contributed by atoms with Crippen molar-refractivity contribution < 1.29 is 4.39 Å². The molecule has 2 saturated heterocycles. The van der Waals surface area contributed by atoms with E-state index in [-0.39, 0.29) is 11.9 Å². The first-order valence-corrected chi connectivity index (χ1v) is 8.10. The van der Waals surface area contributed by atoms with Gasteiger partial charge >= 0.3 is 0 Å². The molecule has 3 unspecified atom stereocenters. The van der Waals surface area contributed by atoms with Crippen LogP contribution in [0.5, 0.6) is 0 Å². The predicted molar refractivity (Wildman–Crippen MR) is 85.2 cm³/mol. The summed E-state index contributed by atoms with van der Waals surface area (Å²) in [6.45, 7) is 7.36.